The molecule has 0 saturated heterocycles. The SMILES string of the molecule is CNc1nccc(C=NC(C)(C)C)n1. The highest BCUT2D eigenvalue weighted by molar-refractivity contribution is 5.77. The maximum Gasteiger partial charge on any atom is 0.222 e. The fourth-order valence-corrected chi connectivity index (χ4v) is 0.825. The van der Waals surface area contributed by atoms with Gasteiger partial charge in [-0.15, -0.1) is 0 Å². The number of hydrogen-bond acceptors (Lipinski definition) is 4. The van der Waals surface area contributed by atoms with E-state index in [1.165, 1.54) is 0 Å². The second-order valence-corrected chi connectivity index (χ2v) is 3.98. The average Bonchev–Trinajstić information content (AvgIpc) is 2.14. The molecule has 0 atom stereocenters. The van der Waals surface area contributed by atoms with Crippen molar-refractivity contribution >= 4 is 12.2 Å². The van der Waals surface area contributed by atoms with E-state index in [0.29, 0.717) is 5.95 Å². The first kappa shape index (κ1) is 10.6. The molecule has 0 unspecified atom stereocenters. The zero-order chi connectivity index (χ0) is 10.6. The molecule has 0 saturated carbocycles. The molecule has 0 amide bonds. The minimum absolute atomic E-state index is 0.0647. The fraction of sp³-hybridized carbons (Fsp3) is 0.500. The number of nitrogens with one attached hydrogen (secondary N) is 1. The molecule has 1 N–H and O–H groups in total. The van der Waals surface area contributed by atoms with Crippen molar-refractivity contribution in [1.82, 2.24) is 9.97 Å². The summed E-state index contributed by atoms with van der Waals surface area (Å²) in [5, 5.41) is 2.88. The fourth-order valence-electron chi connectivity index (χ4n) is 0.825. The van der Waals surface area contributed by atoms with Crippen molar-refractivity contribution in [2.24, 2.45) is 4.99 Å². The van der Waals surface area contributed by atoms with Gasteiger partial charge in [-0.3, -0.25) is 4.99 Å². The zero-order valence-electron chi connectivity index (χ0n) is 9.07. The van der Waals surface area contributed by atoms with Crippen molar-refractivity contribution in [3.8, 4) is 0 Å². The number of hydrogen-bond donors (Lipinski definition) is 1. The summed E-state index contributed by atoms with van der Waals surface area (Å²) in [5.74, 6) is 0.614. The predicted molar refractivity (Wildman–Crippen MR) is 58.9 cm³/mol. The molecule has 0 bridgehead atoms. The van der Waals surface area contributed by atoms with E-state index in [-0.39, 0.29) is 5.54 Å². The normalized spacial score (nSPS) is 12.0. The van der Waals surface area contributed by atoms with E-state index < -0.39 is 0 Å². The number of nitrogens with zero attached hydrogens (tertiary/aromatic N) is 3. The van der Waals surface area contributed by atoms with E-state index >= 15 is 0 Å². The highest BCUT2D eigenvalue weighted by atomic mass is 15.1. The monoisotopic (exact) mass is 192 g/mol. The molecular weight excluding hydrogens is 176 g/mol. The number of aromatic nitrogens is 2. The highest BCUT2D eigenvalue weighted by Crippen LogP contribution is 2.06. The lowest BCUT2D eigenvalue weighted by molar-refractivity contribution is 0.586. The molecule has 4 heteroatoms. The van der Waals surface area contributed by atoms with E-state index in [2.05, 4.69) is 20.3 Å². The molecule has 1 rings (SSSR count). The Labute approximate surface area is 84.5 Å². The Morgan fingerprint density at radius 3 is 2.71 bits per heavy atom. The minimum atomic E-state index is -0.0647. The van der Waals surface area contributed by atoms with Crippen molar-refractivity contribution in [3.63, 3.8) is 0 Å². The van der Waals surface area contributed by atoms with Crippen molar-refractivity contribution in [2.75, 3.05) is 12.4 Å². The van der Waals surface area contributed by atoms with Crippen molar-refractivity contribution < 1.29 is 0 Å². The van der Waals surface area contributed by atoms with Crippen molar-refractivity contribution in [3.05, 3.63) is 18.0 Å². The molecule has 14 heavy (non-hydrogen) atoms. The van der Waals surface area contributed by atoms with Gasteiger partial charge in [0.2, 0.25) is 5.95 Å². The molecule has 0 fully saturated rings. The third kappa shape index (κ3) is 3.51. The molecule has 0 radical (unpaired) electrons. The Bertz CT molecular complexity index is 325. The first-order valence-corrected chi connectivity index (χ1v) is 4.57. The van der Waals surface area contributed by atoms with Crippen LogP contribution in [0.4, 0.5) is 5.95 Å². The third-order valence-corrected chi connectivity index (χ3v) is 1.48. The zero-order valence-corrected chi connectivity index (χ0v) is 9.07. The summed E-state index contributed by atoms with van der Waals surface area (Å²) >= 11 is 0. The Hall–Kier alpha value is -1.45. The van der Waals surface area contributed by atoms with Gasteiger partial charge >= 0.3 is 0 Å². The Morgan fingerprint density at radius 1 is 1.43 bits per heavy atom. The van der Waals surface area contributed by atoms with Gasteiger partial charge in [0.15, 0.2) is 0 Å². The van der Waals surface area contributed by atoms with Crippen LogP contribution in [0.1, 0.15) is 26.5 Å². The van der Waals surface area contributed by atoms with Gasteiger partial charge in [0.25, 0.3) is 0 Å². The second-order valence-electron chi connectivity index (χ2n) is 3.98. The van der Waals surface area contributed by atoms with Gasteiger partial charge in [-0.25, -0.2) is 9.97 Å². The molecule has 1 heterocycles. The molecular formula is C10H16N4. The van der Waals surface area contributed by atoms with Crippen molar-refractivity contribution in [2.45, 2.75) is 26.3 Å². The molecule has 1 aromatic rings. The number of aliphatic imine (C=N–C) groups is 1. The maximum atomic E-state index is 4.36. The van der Waals surface area contributed by atoms with Crippen molar-refractivity contribution in [1.29, 1.82) is 0 Å². The van der Waals surface area contributed by atoms with Crippen LogP contribution in [0.2, 0.25) is 0 Å². The molecule has 4 nitrogen and oxygen atoms in total. The first-order valence-electron chi connectivity index (χ1n) is 4.57. The first-order chi connectivity index (χ1) is 6.51. The molecule has 0 aromatic carbocycles. The van der Waals surface area contributed by atoms with E-state index in [0.717, 1.165) is 5.69 Å². The summed E-state index contributed by atoms with van der Waals surface area (Å²) in [7, 11) is 1.79. The second kappa shape index (κ2) is 4.17. The third-order valence-electron chi connectivity index (χ3n) is 1.48. The van der Waals surface area contributed by atoms with Crippen LogP contribution in [0.3, 0.4) is 0 Å². The van der Waals surface area contributed by atoms with Crippen LogP contribution in [-0.2, 0) is 0 Å². The minimum Gasteiger partial charge on any atom is -0.357 e. The van der Waals surface area contributed by atoms with Gasteiger partial charge in [-0.2, -0.15) is 0 Å². The lowest BCUT2D eigenvalue weighted by Crippen LogP contribution is -2.10. The Morgan fingerprint density at radius 2 is 2.14 bits per heavy atom. The van der Waals surface area contributed by atoms with Crippen LogP contribution in [0.15, 0.2) is 17.3 Å². The quantitative estimate of drug-likeness (QED) is 0.726. The summed E-state index contributed by atoms with van der Waals surface area (Å²) in [5.41, 5.74) is 0.754. The van der Waals surface area contributed by atoms with Crippen LogP contribution in [0, 0.1) is 0 Å². The topological polar surface area (TPSA) is 50.2 Å². The number of rotatable bonds is 2. The van der Waals surface area contributed by atoms with Crippen LogP contribution in [-0.4, -0.2) is 28.8 Å². The molecule has 0 aliphatic carbocycles. The number of anilines is 1. The average molecular weight is 192 g/mol. The van der Waals surface area contributed by atoms with Crippen LogP contribution in [0.5, 0.6) is 0 Å². The maximum absolute atomic E-state index is 4.36. The highest BCUT2D eigenvalue weighted by Gasteiger charge is 2.04. The summed E-state index contributed by atoms with van der Waals surface area (Å²) < 4.78 is 0. The smallest absolute Gasteiger partial charge is 0.222 e. The Balaban J connectivity index is 2.82. The van der Waals surface area contributed by atoms with Crippen LogP contribution >= 0.6 is 0 Å². The Kier molecular flexibility index (Phi) is 3.17. The lowest BCUT2D eigenvalue weighted by Gasteiger charge is -2.10. The van der Waals surface area contributed by atoms with Gasteiger partial charge in [-0.05, 0) is 26.8 Å². The van der Waals surface area contributed by atoms with Gasteiger partial charge < -0.3 is 5.32 Å². The molecule has 1 aromatic heterocycles. The summed E-state index contributed by atoms with van der Waals surface area (Å²) in [4.78, 5) is 12.6. The lowest BCUT2D eigenvalue weighted by atomic mass is 10.1. The molecule has 0 aliphatic heterocycles. The van der Waals surface area contributed by atoms with Gasteiger partial charge in [0.05, 0.1) is 11.2 Å². The van der Waals surface area contributed by atoms with E-state index in [4.69, 9.17) is 0 Å². The summed E-state index contributed by atoms with van der Waals surface area (Å²) in [6.45, 7) is 6.14. The van der Waals surface area contributed by atoms with Gasteiger partial charge in [0, 0.05) is 19.5 Å². The van der Waals surface area contributed by atoms with E-state index in [1.54, 1.807) is 19.5 Å². The summed E-state index contributed by atoms with van der Waals surface area (Å²) in [6, 6.07) is 1.83. The summed E-state index contributed by atoms with van der Waals surface area (Å²) in [6.07, 6.45) is 3.48. The van der Waals surface area contributed by atoms with Gasteiger partial charge in [0.1, 0.15) is 0 Å². The molecule has 0 aliphatic rings. The largest absolute Gasteiger partial charge is 0.357 e. The predicted octanol–water partition coefficient (Wildman–Crippen LogP) is 1.74. The van der Waals surface area contributed by atoms with Gasteiger partial charge in [-0.1, -0.05) is 0 Å². The van der Waals surface area contributed by atoms with Crippen LogP contribution < -0.4 is 5.32 Å². The van der Waals surface area contributed by atoms with E-state index in [1.807, 2.05) is 26.8 Å². The van der Waals surface area contributed by atoms with Crippen LogP contribution in [0.25, 0.3) is 0 Å². The van der Waals surface area contributed by atoms with E-state index in [9.17, 15) is 0 Å². The molecule has 0 spiro atoms. The molecule has 76 valence electrons. The standard InChI is InChI=1S/C10H16N4/c1-10(2,3)13-7-8-5-6-12-9(11-4)14-8/h5-7H,1-4H3,(H,11,12,14).